The van der Waals surface area contributed by atoms with Gasteiger partial charge < -0.3 is 19.5 Å². The van der Waals surface area contributed by atoms with Crippen molar-refractivity contribution in [3.8, 4) is 5.75 Å². The van der Waals surface area contributed by atoms with E-state index in [2.05, 4.69) is 25.1 Å². The zero-order valence-electron chi connectivity index (χ0n) is 17.8. The first kappa shape index (κ1) is 24.4. The highest BCUT2D eigenvalue weighted by Crippen LogP contribution is 2.15. The Morgan fingerprint density at radius 2 is 2.03 bits per heavy atom. The van der Waals surface area contributed by atoms with Crippen LogP contribution in [-0.4, -0.2) is 59.4 Å². The van der Waals surface area contributed by atoms with E-state index in [-0.39, 0.29) is 29.8 Å². The molecule has 30 heavy (non-hydrogen) atoms. The topological polar surface area (TPSA) is 67.6 Å². The maximum Gasteiger partial charge on any atom is 0.193 e. The molecule has 1 aromatic carbocycles. The Labute approximate surface area is 195 Å². The molecule has 0 spiro atoms. The van der Waals surface area contributed by atoms with E-state index in [1.807, 2.05) is 11.9 Å². The molecule has 0 aliphatic carbocycles. The summed E-state index contributed by atoms with van der Waals surface area (Å²) in [5.41, 5.74) is 0. The highest BCUT2D eigenvalue weighted by atomic mass is 127. The monoisotopic (exact) mass is 530 g/mol. The van der Waals surface area contributed by atoms with Crippen LogP contribution in [0.5, 0.6) is 5.75 Å². The molecule has 0 amide bonds. The number of nitrogens with zero attached hydrogens (tertiary/aromatic N) is 5. The van der Waals surface area contributed by atoms with Gasteiger partial charge >= 0.3 is 0 Å². The number of aliphatic imine (C=N–C) groups is 1. The number of ether oxygens (including phenoxy) is 1. The van der Waals surface area contributed by atoms with Crippen molar-refractivity contribution in [3.63, 3.8) is 0 Å². The summed E-state index contributed by atoms with van der Waals surface area (Å²) in [4.78, 5) is 6.36. The summed E-state index contributed by atoms with van der Waals surface area (Å²) < 4.78 is 20.9. The van der Waals surface area contributed by atoms with Crippen LogP contribution in [0.2, 0.25) is 0 Å². The van der Waals surface area contributed by atoms with Gasteiger partial charge in [0, 0.05) is 40.0 Å². The molecule has 1 aromatic heterocycles. The van der Waals surface area contributed by atoms with Gasteiger partial charge in [-0.25, -0.2) is 4.39 Å². The third-order valence-electron chi connectivity index (χ3n) is 5.13. The maximum atomic E-state index is 12.9. The van der Waals surface area contributed by atoms with Gasteiger partial charge in [0.05, 0.1) is 6.54 Å². The molecule has 1 aliphatic heterocycles. The summed E-state index contributed by atoms with van der Waals surface area (Å²) in [5, 5.41) is 12.1. The molecule has 1 N–H and O–H groups in total. The predicted octanol–water partition coefficient (Wildman–Crippen LogP) is 3.28. The van der Waals surface area contributed by atoms with Crippen LogP contribution in [0.1, 0.15) is 37.3 Å². The molecule has 0 unspecified atom stereocenters. The molecule has 0 saturated carbocycles. The SMILES string of the molecule is CN=C(NCCCc1nnc2n1CCCCC2)N(C)CCOc1ccc(F)cc1.I. The van der Waals surface area contributed by atoms with E-state index in [9.17, 15) is 4.39 Å². The maximum absolute atomic E-state index is 12.9. The molecule has 2 aromatic rings. The Morgan fingerprint density at radius 3 is 2.80 bits per heavy atom. The second kappa shape index (κ2) is 12.7. The standard InChI is InChI=1S/C21H31FN6O.HI/c1-23-21(27(2)15-16-29-18-11-9-17(22)10-12-18)24-13-6-8-20-26-25-19-7-4-3-5-14-28(19)20;/h9-12H,3-8,13-16H2,1-2H3,(H,23,24);1H. The van der Waals surface area contributed by atoms with Crippen LogP contribution in [0.15, 0.2) is 29.3 Å². The lowest BCUT2D eigenvalue weighted by atomic mass is 10.2. The Bertz CT molecular complexity index is 795. The van der Waals surface area contributed by atoms with E-state index in [1.165, 1.54) is 31.4 Å². The molecular formula is C21H32FIN6O. The van der Waals surface area contributed by atoms with E-state index >= 15 is 0 Å². The second-order valence-electron chi connectivity index (χ2n) is 7.30. The number of hydrogen-bond donors (Lipinski definition) is 1. The summed E-state index contributed by atoms with van der Waals surface area (Å²) in [5.74, 6) is 3.46. The third-order valence-corrected chi connectivity index (χ3v) is 5.13. The van der Waals surface area contributed by atoms with E-state index in [4.69, 9.17) is 4.74 Å². The molecule has 0 atom stereocenters. The van der Waals surface area contributed by atoms with E-state index in [0.29, 0.717) is 18.9 Å². The van der Waals surface area contributed by atoms with Gasteiger partial charge in [0.2, 0.25) is 0 Å². The van der Waals surface area contributed by atoms with Crippen LogP contribution in [-0.2, 0) is 19.4 Å². The minimum Gasteiger partial charge on any atom is -0.492 e. The summed E-state index contributed by atoms with van der Waals surface area (Å²) in [6.07, 6.45) is 6.63. The number of nitrogens with one attached hydrogen (secondary N) is 1. The molecule has 7 nitrogen and oxygen atoms in total. The van der Waals surface area contributed by atoms with Crippen LogP contribution in [0.4, 0.5) is 4.39 Å². The minimum atomic E-state index is -0.263. The fourth-order valence-corrected chi connectivity index (χ4v) is 3.50. The molecule has 0 radical (unpaired) electrons. The number of guanidine groups is 1. The van der Waals surface area contributed by atoms with Gasteiger partial charge in [0.15, 0.2) is 5.96 Å². The molecule has 166 valence electrons. The number of likely N-dealkylation sites (N-methyl/N-ethyl adjacent to an activating group) is 1. The van der Waals surface area contributed by atoms with Crippen LogP contribution >= 0.6 is 24.0 Å². The number of hydrogen-bond acceptors (Lipinski definition) is 4. The van der Waals surface area contributed by atoms with E-state index < -0.39 is 0 Å². The zero-order chi connectivity index (χ0) is 20.5. The van der Waals surface area contributed by atoms with Gasteiger partial charge in [0.25, 0.3) is 0 Å². The molecule has 1 aliphatic rings. The van der Waals surface area contributed by atoms with Crippen molar-refractivity contribution in [1.29, 1.82) is 0 Å². The van der Waals surface area contributed by atoms with Crippen molar-refractivity contribution in [3.05, 3.63) is 41.7 Å². The van der Waals surface area contributed by atoms with Crippen LogP contribution in [0.25, 0.3) is 0 Å². The van der Waals surface area contributed by atoms with Crippen LogP contribution in [0.3, 0.4) is 0 Å². The Balaban J connectivity index is 0.00000320. The van der Waals surface area contributed by atoms with Crippen LogP contribution in [0, 0.1) is 5.82 Å². The van der Waals surface area contributed by atoms with Crippen LogP contribution < -0.4 is 10.1 Å². The lowest BCUT2D eigenvalue weighted by Crippen LogP contribution is -2.41. The summed E-state index contributed by atoms with van der Waals surface area (Å²) >= 11 is 0. The molecule has 9 heteroatoms. The predicted molar refractivity (Wildman–Crippen MR) is 127 cm³/mol. The quantitative estimate of drug-likeness (QED) is 0.246. The highest BCUT2D eigenvalue weighted by molar-refractivity contribution is 14.0. The average Bonchev–Trinajstić information content (AvgIpc) is 2.95. The molecule has 0 saturated heterocycles. The average molecular weight is 530 g/mol. The number of aromatic nitrogens is 3. The lowest BCUT2D eigenvalue weighted by molar-refractivity contribution is 0.281. The summed E-state index contributed by atoms with van der Waals surface area (Å²) in [6, 6.07) is 6.06. The zero-order valence-corrected chi connectivity index (χ0v) is 20.1. The Hall–Kier alpha value is -1.91. The largest absolute Gasteiger partial charge is 0.492 e. The highest BCUT2D eigenvalue weighted by Gasteiger charge is 2.14. The van der Waals surface area contributed by atoms with Crippen molar-refractivity contribution in [2.24, 2.45) is 4.99 Å². The van der Waals surface area contributed by atoms with Gasteiger partial charge in [-0.15, -0.1) is 34.2 Å². The van der Waals surface area contributed by atoms with Gasteiger partial charge in [-0.1, -0.05) is 6.42 Å². The number of fused-ring (bicyclic) bond motifs is 1. The fourth-order valence-electron chi connectivity index (χ4n) is 3.50. The van der Waals surface area contributed by atoms with Gasteiger partial charge in [0.1, 0.15) is 29.8 Å². The van der Waals surface area contributed by atoms with Crippen molar-refractivity contribution in [2.45, 2.75) is 45.1 Å². The number of aryl methyl sites for hydroxylation is 2. The first-order valence-corrected chi connectivity index (χ1v) is 10.4. The summed E-state index contributed by atoms with van der Waals surface area (Å²) in [6.45, 7) is 3.03. The Kier molecular flexibility index (Phi) is 10.3. The van der Waals surface area contributed by atoms with Gasteiger partial charge in [-0.3, -0.25) is 4.99 Å². The second-order valence-corrected chi connectivity index (χ2v) is 7.30. The lowest BCUT2D eigenvalue weighted by Gasteiger charge is -2.22. The smallest absolute Gasteiger partial charge is 0.193 e. The van der Waals surface area contributed by atoms with E-state index in [0.717, 1.165) is 50.0 Å². The molecule has 3 rings (SSSR count). The van der Waals surface area contributed by atoms with Crippen molar-refractivity contribution in [2.75, 3.05) is 33.8 Å². The Morgan fingerprint density at radius 1 is 1.23 bits per heavy atom. The van der Waals surface area contributed by atoms with Crippen molar-refractivity contribution < 1.29 is 9.13 Å². The third kappa shape index (κ3) is 7.10. The van der Waals surface area contributed by atoms with Crippen molar-refractivity contribution >= 4 is 29.9 Å². The van der Waals surface area contributed by atoms with Gasteiger partial charge in [-0.2, -0.15) is 0 Å². The minimum absolute atomic E-state index is 0. The van der Waals surface area contributed by atoms with Crippen molar-refractivity contribution in [1.82, 2.24) is 25.0 Å². The van der Waals surface area contributed by atoms with Gasteiger partial charge in [-0.05, 0) is 43.5 Å². The molecule has 2 heterocycles. The first-order valence-electron chi connectivity index (χ1n) is 10.4. The number of benzene rings is 1. The first-order chi connectivity index (χ1) is 14.2. The molecule has 0 fully saturated rings. The molecular weight excluding hydrogens is 498 g/mol. The van der Waals surface area contributed by atoms with E-state index in [1.54, 1.807) is 19.2 Å². The number of halogens is 2. The molecule has 0 bridgehead atoms. The summed E-state index contributed by atoms with van der Waals surface area (Å²) in [7, 11) is 3.75. The number of rotatable bonds is 8. The fraction of sp³-hybridized carbons (Fsp3) is 0.571. The normalized spacial score (nSPS) is 13.8.